The van der Waals surface area contributed by atoms with Gasteiger partial charge in [-0.2, -0.15) is 0 Å². The maximum atomic E-state index is 13.0. The molecule has 4 nitrogen and oxygen atoms in total. The molecule has 0 spiro atoms. The lowest BCUT2D eigenvalue weighted by Crippen LogP contribution is -2.47. The molecule has 2 N–H and O–H groups in total. The maximum absolute atomic E-state index is 13.0. The summed E-state index contributed by atoms with van der Waals surface area (Å²) in [6, 6.07) is -0.000775. The minimum Gasteiger partial charge on any atom is -0.370 e. The van der Waals surface area contributed by atoms with Crippen molar-refractivity contribution in [1.82, 2.24) is 4.90 Å². The Labute approximate surface area is 151 Å². The van der Waals surface area contributed by atoms with E-state index in [0.29, 0.717) is 11.8 Å². The number of hydrogen-bond donors (Lipinski definition) is 1. The highest BCUT2D eigenvalue weighted by molar-refractivity contribution is 5.89. The van der Waals surface area contributed by atoms with Crippen LogP contribution < -0.4 is 5.73 Å². The number of amides is 2. The van der Waals surface area contributed by atoms with Crippen LogP contribution in [0.15, 0.2) is 11.6 Å². The molecule has 1 aliphatic heterocycles. The predicted octanol–water partition coefficient (Wildman–Crippen LogP) is 3.41. The van der Waals surface area contributed by atoms with Crippen LogP contribution in [0.3, 0.4) is 0 Å². The molecule has 4 bridgehead atoms. The van der Waals surface area contributed by atoms with Gasteiger partial charge in [-0.25, -0.2) is 0 Å². The fourth-order valence-electron chi connectivity index (χ4n) is 6.75. The third kappa shape index (κ3) is 3.24. The highest BCUT2D eigenvalue weighted by Gasteiger charge is 2.51. The Morgan fingerprint density at radius 3 is 2.24 bits per heavy atom. The molecule has 4 saturated carbocycles. The van der Waals surface area contributed by atoms with E-state index in [1.165, 1.54) is 44.1 Å². The molecule has 0 aromatic carbocycles. The normalized spacial score (nSPS) is 40.4. The Hall–Kier alpha value is -1.32. The first-order valence-corrected chi connectivity index (χ1v) is 10.2. The summed E-state index contributed by atoms with van der Waals surface area (Å²) in [5, 5.41) is 0. The van der Waals surface area contributed by atoms with Gasteiger partial charge in [-0.05, 0) is 87.9 Å². The van der Waals surface area contributed by atoms with Gasteiger partial charge in [0.1, 0.15) is 0 Å². The second-order valence-electron chi connectivity index (χ2n) is 9.38. The van der Waals surface area contributed by atoms with Gasteiger partial charge < -0.3 is 10.6 Å². The summed E-state index contributed by atoms with van der Waals surface area (Å²) in [7, 11) is 0. The SMILES string of the molecule is C/C(=C/C(=O)N1CCCC[C@@H]1CC(N)=O)C12CC3CC(CC(C3)C1)C2. The molecule has 2 amide bonds. The standard InChI is InChI=1S/C21H32N2O2/c1-14(21-11-15-7-16(12-21)9-17(8-15)13-21)6-20(25)23-5-3-2-4-18(23)10-19(22)24/h6,15-18H,2-5,7-13H2,1H3,(H2,22,24)/b14-6-/t15?,16?,17?,18-,21?/m1/s1. The van der Waals surface area contributed by atoms with Crippen LogP contribution in [0.5, 0.6) is 0 Å². The molecule has 1 atom stereocenters. The summed E-state index contributed by atoms with van der Waals surface area (Å²) >= 11 is 0. The van der Waals surface area contributed by atoms with Gasteiger partial charge in [0.15, 0.2) is 0 Å². The van der Waals surface area contributed by atoms with E-state index in [4.69, 9.17) is 5.73 Å². The molecule has 5 fully saturated rings. The van der Waals surface area contributed by atoms with Crippen LogP contribution in [0.2, 0.25) is 0 Å². The van der Waals surface area contributed by atoms with E-state index in [1.807, 2.05) is 11.0 Å². The molecular weight excluding hydrogens is 312 g/mol. The lowest BCUT2D eigenvalue weighted by atomic mass is 9.48. The topological polar surface area (TPSA) is 63.4 Å². The van der Waals surface area contributed by atoms with Crippen LogP contribution in [0.25, 0.3) is 0 Å². The Morgan fingerprint density at radius 2 is 1.68 bits per heavy atom. The third-order valence-electron chi connectivity index (χ3n) is 7.56. The summed E-state index contributed by atoms with van der Waals surface area (Å²) in [6.45, 7) is 2.96. The highest BCUT2D eigenvalue weighted by atomic mass is 16.2. The molecule has 1 saturated heterocycles. The summed E-state index contributed by atoms with van der Waals surface area (Å²) in [5.74, 6) is 2.48. The molecule has 1 heterocycles. The van der Waals surface area contributed by atoms with Crippen molar-refractivity contribution >= 4 is 11.8 Å². The first-order valence-electron chi connectivity index (χ1n) is 10.2. The fourth-order valence-corrected chi connectivity index (χ4v) is 6.75. The van der Waals surface area contributed by atoms with Crippen molar-refractivity contribution in [3.8, 4) is 0 Å². The van der Waals surface area contributed by atoms with Crippen molar-refractivity contribution in [3.05, 3.63) is 11.6 Å². The molecule has 4 heteroatoms. The van der Waals surface area contributed by atoms with E-state index in [9.17, 15) is 9.59 Å². The lowest BCUT2D eigenvalue weighted by molar-refractivity contribution is -0.131. The highest BCUT2D eigenvalue weighted by Crippen LogP contribution is 2.62. The largest absolute Gasteiger partial charge is 0.370 e. The molecule has 0 radical (unpaired) electrons. The Bertz CT molecular complexity index is 559. The number of hydrogen-bond acceptors (Lipinski definition) is 2. The maximum Gasteiger partial charge on any atom is 0.246 e. The summed E-state index contributed by atoms with van der Waals surface area (Å²) in [4.78, 5) is 26.3. The van der Waals surface area contributed by atoms with E-state index in [0.717, 1.165) is 43.6 Å². The average molecular weight is 344 g/mol. The third-order valence-corrected chi connectivity index (χ3v) is 7.56. The van der Waals surface area contributed by atoms with Crippen molar-refractivity contribution in [1.29, 1.82) is 0 Å². The van der Waals surface area contributed by atoms with Gasteiger partial charge in [0.2, 0.25) is 11.8 Å². The average Bonchev–Trinajstić information content (AvgIpc) is 2.53. The molecule has 5 aliphatic rings. The second kappa shape index (κ2) is 6.44. The van der Waals surface area contributed by atoms with Gasteiger partial charge >= 0.3 is 0 Å². The molecule has 0 aromatic heterocycles. The Balaban J connectivity index is 1.51. The van der Waals surface area contributed by atoms with Crippen LogP contribution in [0.4, 0.5) is 0 Å². The molecule has 138 valence electrons. The summed E-state index contributed by atoms with van der Waals surface area (Å²) in [6.07, 6.45) is 13.4. The molecule has 0 unspecified atom stereocenters. The van der Waals surface area contributed by atoms with Gasteiger partial charge in [-0.1, -0.05) is 5.57 Å². The van der Waals surface area contributed by atoms with E-state index in [-0.39, 0.29) is 17.9 Å². The number of rotatable bonds is 4. The zero-order valence-electron chi connectivity index (χ0n) is 15.5. The quantitative estimate of drug-likeness (QED) is 0.794. The van der Waals surface area contributed by atoms with Gasteiger partial charge in [-0.15, -0.1) is 0 Å². The predicted molar refractivity (Wildman–Crippen MR) is 97.5 cm³/mol. The summed E-state index contributed by atoms with van der Waals surface area (Å²) < 4.78 is 0. The fraction of sp³-hybridized carbons (Fsp3) is 0.810. The van der Waals surface area contributed by atoms with E-state index < -0.39 is 0 Å². The van der Waals surface area contributed by atoms with Gasteiger partial charge in [0, 0.05) is 25.1 Å². The van der Waals surface area contributed by atoms with Crippen LogP contribution in [0.1, 0.15) is 71.1 Å². The molecule has 5 rings (SSSR count). The van der Waals surface area contributed by atoms with Crippen LogP contribution in [-0.4, -0.2) is 29.3 Å². The van der Waals surface area contributed by atoms with Crippen molar-refractivity contribution in [3.63, 3.8) is 0 Å². The number of nitrogens with two attached hydrogens (primary N) is 1. The zero-order valence-corrected chi connectivity index (χ0v) is 15.5. The van der Waals surface area contributed by atoms with E-state index in [2.05, 4.69) is 6.92 Å². The lowest BCUT2D eigenvalue weighted by Gasteiger charge is -2.57. The van der Waals surface area contributed by atoms with Crippen molar-refractivity contribution < 1.29 is 9.59 Å². The second-order valence-corrected chi connectivity index (χ2v) is 9.38. The number of nitrogens with zero attached hydrogens (tertiary/aromatic N) is 1. The van der Waals surface area contributed by atoms with Gasteiger partial charge in [0.25, 0.3) is 0 Å². The van der Waals surface area contributed by atoms with Crippen LogP contribution >= 0.6 is 0 Å². The monoisotopic (exact) mass is 344 g/mol. The molecule has 25 heavy (non-hydrogen) atoms. The van der Waals surface area contributed by atoms with E-state index >= 15 is 0 Å². The molecule has 0 aromatic rings. The number of allylic oxidation sites excluding steroid dienone is 1. The van der Waals surface area contributed by atoms with Gasteiger partial charge in [-0.3, -0.25) is 9.59 Å². The Morgan fingerprint density at radius 1 is 1.08 bits per heavy atom. The number of carbonyl (C=O) groups excluding carboxylic acids is 2. The number of primary amides is 1. The van der Waals surface area contributed by atoms with Crippen LogP contribution in [0, 0.1) is 23.2 Å². The van der Waals surface area contributed by atoms with Gasteiger partial charge in [0.05, 0.1) is 0 Å². The smallest absolute Gasteiger partial charge is 0.246 e. The zero-order chi connectivity index (χ0) is 17.6. The van der Waals surface area contributed by atoms with Crippen LogP contribution in [-0.2, 0) is 9.59 Å². The van der Waals surface area contributed by atoms with Crippen molar-refractivity contribution in [2.24, 2.45) is 28.9 Å². The minimum absolute atomic E-state index is 0.000775. The van der Waals surface area contributed by atoms with E-state index in [1.54, 1.807) is 0 Å². The van der Waals surface area contributed by atoms with Crippen molar-refractivity contribution in [2.45, 2.75) is 77.2 Å². The minimum atomic E-state index is -0.300. The molecular formula is C21H32N2O2. The first kappa shape index (κ1) is 17.1. The molecule has 4 aliphatic carbocycles. The van der Waals surface area contributed by atoms with Crippen molar-refractivity contribution in [2.75, 3.05) is 6.54 Å². The Kier molecular flexibility index (Phi) is 4.41. The number of carbonyl (C=O) groups is 2. The summed E-state index contributed by atoms with van der Waals surface area (Å²) in [5.41, 5.74) is 6.99. The number of likely N-dealkylation sites (tertiary alicyclic amines) is 1. The first-order chi connectivity index (χ1) is 11.9. The number of piperidine rings is 1.